The first-order valence-corrected chi connectivity index (χ1v) is 13.2. The quantitative estimate of drug-likeness (QED) is 0.263. The number of nitrogens with one attached hydrogen (secondary N) is 1. The molecule has 0 aliphatic carbocycles. The van der Waals surface area contributed by atoms with Gasteiger partial charge in [0.25, 0.3) is 5.91 Å². The van der Waals surface area contributed by atoms with Crippen LogP contribution in [0.4, 0.5) is 11.4 Å². The van der Waals surface area contributed by atoms with Gasteiger partial charge in [-0.05, 0) is 48.2 Å². The maximum Gasteiger partial charge on any atom is 0.283 e. The first kappa shape index (κ1) is 25.1. The largest absolute Gasteiger partial charge is 0.325 e. The number of rotatable bonds is 5. The lowest BCUT2D eigenvalue weighted by Gasteiger charge is -2.18. The third-order valence-corrected chi connectivity index (χ3v) is 7.56. The molecule has 0 saturated carbocycles. The summed E-state index contributed by atoms with van der Waals surface area (Å²) in [6.07, 6.45) is 1.61. The van der Waals surface area contributed by atoms with E-state index in [0.29, 0.717) is 26.5 Å². The highest BCUT2D eigenvalue weighted by molar-refractivity contribution is 8.14. The lowest BCUT2D eigenvalue weighted by molar-refractivity contribution is -0.114. The number of halogens is 2. The Morgan fingerprint density at radius 2 is 1.70 bits per heavy atom. The predicted molar refractivity (Wildman–Crippen MR) is 156 cm³/mol. The number of carbonyl (C=O) groups excluding carboxylic acids is 2. The van der Waals surface area contributed by atoms with Crippen molar-refractivity contribution in [1.29, 1.82) is 0 Å². The second-order valence-electron chi connectivity index (χ2n) is 8.41. The molecule has 37 heavy (non-hydrogen) atoms. The Balaban J connectivity index is 1.41. The van der Waals surface area contributed by atoms with Crippen molar-refractivity contribution in [1.82, 2.24) is 0 Å². The van der Waals surface area contributed by atoms with Crippen molar-refractivity contribution in [2.75, 3.05) is 16.0 Å². The average Bonchev–Trinajstić information content (AvgIpc) is 3.21. The normalized spacial score (nSPS) is 14.4. The number of nitrogens with zero attached hydrogens (tertiary/aromatic N) is 2. The van der Waals surface area contributed by atoms with Gasteiger partial charge in [-0.25, -0.2) is 4.99 Å². The summed E-state index contributed by atoms with van der Waals surface area (Å²) in [5.74, 6) is -0.435. The second kappa shape index (κ2) is 10.8. The Labute approximate surface area is 228 Å². The fraction of sp³-hybridized carbons (Fsp3) is 0.0690. The molecule has 1 heterocycles. The molecule has 4 aromatic rings. The lowest BCUT2D eigenvalue weighted by Crippen LogP contribution is -2.31. The summed E-state index contributed by atoms with van der Waals surface area (Å²) in [6, 6.07) is 26.4. The minimum Gasteiger partial charge on any atom is -0.325 e. The number of amidine groups is 1. The van der Waals surface area contributed by atoms with E-state index in [9.17, 15) is 9.59 Å². The van der Waals surface area contributed by atoms with Crippen LogP contribution in [0, 0.1) is 6.92 Å². The third-order valence-electron chi connectivity index (χ3n) is 5.79. The molecule has 0 radical (unpaired) electrons. The highest BCUT2D eigenvalue weighted by atomic mass is 35.5. The zero-order valence-electron chi connectivity index (χ0n) is 19.7. The Morgan fingerprint density at radius 3 is 2.51 bits per heavy atom. The Bertz CT molecular complexity index is 1580. The number of thioether (sulfide) groups is 1. The van der Waals surface area contributed by atoms with E-state index < -0.39 is 0 Å². The van der Waals surface area contributed by atoms with Gasteiger partial charge in [-0.2, -0.15) is 0 Å². The lowest BCUT2D eigenvalue weighted by atomic mass is 10.1. The molecule has 1 N–H and O–H groups in total. The van der Waals surface area contributed by atoms with Gasteiger partial charge < -0.3 is 5.32 Å². The van der Waals surface area contributed by atoms with Crippen LogP contribution < -0.4 is 10.2 Å². The molecule has 2 amide bonds. The van der Waals surface area contributed by atoms with Gasteiger partial charge in [0.2, 0.25) is 5.91 Å². The van der Waals surface area contributed by atoms with Gasteiger partial charge in [-0.3, -0.25) is 14.5 Å². The van der Waals surface area contributed by atoms with E-state index in [0.717, 1.165) is 22.0 Å². The predicted octanol–water partition coefficient (Wildman–Crippen LogP) is 7.57. The summed E-state index contributed by atoms with van der Waals surface area (Å²) in [7, 11) is 0. The van der Waals surface area contributed by atoms with E-state index >= 15 is 0 Å². The number of benzene rings is 4. The molecule has 0 spiro atoms. The van der Waals surface area contributed by atoms with Crippen LogP contribution in [0.1, 0.15) is 11.1 Å². The zero-order valence-corrected chi connectivity index (χ0v) is 22.1. The van der Waals surface area contributed by atoms with Gasteiger partial charge in [0.1, 0.15) is 5.70 Å². The molecule has 8 heteroatoms. The van der Waals surface area contributed by atoms with E-state index in [1.165, 1.54) is 16.7 Å². The summed E-state index contributed by atoms with van der Waals surface area (Å²) >= 11 is 13.7. The van der Waals surface area contributed by atoms with Crippen molar-refractivity contribution in [2.24, 2.45) is 4.99 Å². The number of aliphatic imine (C=N–C) groups is 1. The fourth-order valence-electron chi connectivity index (χ4n) is 3.94. The standard InChI is InChI=1S/C29H21Cl2N3O2S/c1-18-12-14-21(15-13-18)34-28(36)25(16-20-8-4-10-23(30)27(20)31)33-29(34)37-17-26(35)32-24-11-5-7-19-6-2-3-9-22(19)24/h2-16H,17H2,1H3,(H,32,35)/b25-16-. The van der Waals surface area contributed by atoms with E-state index in [-0.39, 0.29) is 23.3 Å². The number of carbonyl (C=O) groups is 2. The highest BCUT2D eigenvalue weighted by Gasteiger charge is 2.32. The molecule has 1 aliphatic rings. The summed E-state index contributed by atoms with van der Waals surface area (Å²) < 4.78 is 0. The summed E-state index contributed by atoms with van der Waals surface area (Å²) in [6.45, 7) is 1.98. The van der Waals surface area contributed by atoms with Crippen molar-refractivity contribution in [3.05, 3.63) is 112 Å². The number of aryl methyl sites for hydroxylation is 1. The minimum absolute atomic E-state index is 0.0723. The Hall–Kier alpha value is -3.58. The van der Waals surface area contributed by atoms with Crippen LogP contribution >= 0.6 is 35.0 Å². The van der Waals surface area contributed by atoms with Crippen molar-refractivity contribution in [3.63, 3.8) is 0 Å². The van der Waals surface area contributed by atoms with Crippen LogP contribution in [0.15, 0.2) is 95.6 Å². The fourth-order valence-corrected chi connectivity index (χ4v) is 5.12. The number of hydrogen-bond donors (Lipinski definition) is 1. The highest BCUT2D eigenvalue weighted by Crippen LogP contribution is 2.33. The van der Waals surface area contributed by atoms with Crippen molar-refractivity contribution in [3.8, 4) is 0 Å². The topological polar surface area (TPSA) is 61.8 Å². The van der Waals surface area contributed by atoms with Crippen LogP contribution in [0.2, 0.25) is 10.0 Å². The molecule has 4 aromatic carbocycles. The SMILES string of the molecule is Cc1ccc(N2C(=O)/C(=C/c3cccc(Cl)c3Cl)N=C2SCC(=O)Nc2cccc3ccccc23)cc1. The molecule has 0 aromatic heterocycles. The van der Waals surface area contributed by atoms with Gasteiger partial charge in [0.15, 0.2) is 5.17 Å². The van der Waals surface area contributed by atoms with E-state index in [1.807, 2.05) is 73.7 Å². The van der Waals surface area contributed by atoms with Gasteiger partial charge >= 0.3 is 0 Å². The van der Waals surface area contributed by atoms with E-state index in [1.54, 1.807) is 24.3 Å². The molecule has 0 saturated heterocycles. The minimum atomic E-state index is -0.308. The Kier molecular flexibility index (Phi) is 7.33. The average molecular weight is 546 g/mol. The molecular formula is C29H21Cl2N3O2S. The van der Waals surface area contributed by atoms with Crippen LogP contribution in [0.25, 0.3) is 16.8 Å². The van der Waals surface area contributed by atoms with Crippen LogP contribution in [-0.4, -0.2) is 22.7 Å². The van der Waals surface area contributed by atoms with Gasteiger partial charge in [0, 0.05) is 11.1 Å². The molecular weight excluding hydrogens is 525 g/mol. The summed E-state index contributed by atoms with van der Waals surface area (Å²) in [4.78, 5) is 32.4. The molecule has 0 unspecified atom stereocenters. The van der Waals surface area contributed by atoms with Crippen molar-refractivity contribution in [2.45, 2.75) is 6.92 Å². The van der Waals surface area contributed by atoms with Crippen LogP contribution in [0.5, 0.6) is 0 Å². The van der Waals surface area contributed by atoms with Crippen molar-refractivity contribution < 1.29 is 9.59 Å². The molecule has 1 aliphatic heterocycles. The zero-order chi connectivity index (χ0) is 25.9. The smallest absolute Gasteiger partial charge is 0.283 e. The van der Waals surface area contributed by atoms with Crippen LogP contribution in [-0.2, 0) is 9.59 Å². The first-order chi connectivity index (χ1) is 17.9. The molecule has 0 fully saturated rings. The number of amides is 2. The maximum atomic E-state index is 13.4. The van der Waals surface area contributed by atoms with Gasteiger partial charge in [-0.15, -0.1) is 0 Å². The third kappa shape index (κ3) is 5.42. The van der Waals surface area contributed by atoms with E-state index in [2.05, 4.69) is 10.3 Å². The maximum absolute atomic E-state index is 13.4. The summed E-state index contributed by atoms with van der Waals surface area (Å²) in [5.41, 5.74) is 3.26. The Morgan fingerprint density at radius 1 is 0.973 bits per heavy atom. The van der Waals surface area contributed by atoms with Gasteiger partial charge in [-0.1, -0.05) is 101 Å². The molecule has 0 atom stereocenters. The molecule has 5 rings (SSSR count). The monoisotopic (exact) mass is 545 g/mol. The number of anilines is 2. The number of hydrogen-bond acceptors (Lipinski definition) is 4. The van der Waals surface area contributed by atoms with Crippen molar-refractivity contribution >= 4 is 80.2 Å². The summed E-state index contributed by atoms with van der Waals surface area (Å²) in [5, 5.41) is 6.12. The molecule has 0 bridgehead atoms. The number of fused-ring (bicyclic) bond motifs is 1. The second-order valence-corrected chi connectivity index (χ2v) is 10.1. The van der Waals surface area contributed by atoms with Gasteiger partial charge in [0.05, 0.1) is 21.5 Å². The van der Waals surface area contributed by atoms with E-state index in [4.69, 9.17) is 23.2 Å². The molecule has 184 valence electrons. The first-order valence-electron chi connectivity index (χ1n) is 11.5. The molecule has 5 nitrogen and oxygen atoms in total. The van der Waals surface area contributed by atoms with Crippen LogP contribution in [0.3, 0.4) is 0 Å².